The second-order valence-corrected chi connectivity index (χ2v) is 5.80. The van der Waals surface area contributed by atoms with E-state index in [4.69, 9.17) is 9.15 Å². The van der Waals surface area contributed by atoms with Crippen molar-refractivity contribution in [1.82, 2.24) is 19.8 Å². The molecule has 4 heterocycles. The lowest BCUT2D eigenvalue weighted by Crippen LogP contribution is -2.01. The fourth-order valence-corrected chi connectivity index (χ4v) is 3.03. The Bertz CT molecular complexity index is 1020. The SMILES string of the molecule is c1coc(-c2ccc3nnc(Cc4ccc5c(c4)CCO5)n3n2)c1. The molecular weight excluding hydrogens is 304 g/mol. The van der Waals surface area contributed by atoms with E-state index in [9.17, 15) is 0 Å². The molecule has 0 atom stereocenters. The van der Waals surface area contributed by atoms with Crippen molar-refractivity contribution in [1.29, 1.82) is 0 Å². The van der Waals surface area contributed by atoms with E-state index in [1.807, 2.05) is 30.3 Å². The Kier molecular flexibility index (Phi) is 2.88. The van der Waals surface area contributed by atoms with Crippen molar-refractivity contribution in [3.05, 3.63) is 65.7 Å². The maximum absolute atomic E-state index is 5.56. The van der Waals surface area contributed by atoms with Crippen LogP contribution in [0.15, 0.2) is 53.1 Å². The van der Waals surface area contributed by atoms with Crippen molar-refractivity contribution in [2.75, 3.05) is 6.61 Å². The third-order valence-electron chi connectivity index (χ3n) is 4.22. The first-order valence-electron chi connectivity index (χ1n) is 7.87. The molecule has 118 valence electrons. The normalized spacial score (nSPS) is 13.2. The smallest absolute Gasteiger partial charge is 0.177 e. The number of hydrogen-bond donors (Lipinski definition) is 0. The zero-order valence-electron chi connectivity index (χ0n) is 12.8. The molecule has 0 amide bonds. The van der Waals surface area contributed by atoms with Crippen molar-refractivity contribution in [3.63, 3.8) is 0 Å². The minimum atomic E-state index is 0.670. The Labute approximate surface area is 137 Å². The molecule has 0 unspecified atom stereocenters. The van der Waals surface area contributed by atoms with Crippen LogP contribution in [0.2, 0.25) is 0 Å². The van der Waals surface area contributed by atoms with Crippen molar-refractivity contribution >= 4 is 5.65 Å². The molecule has 0 saturated heterocycles. The van der Waals surface area contributed by atoms with Crippen molar-refractivity contribution < 1.29 is 9.15 Å². The third kappa shape index (κ3) is 2.15. The van der Waals surface area contributed by atoms with Gasteiger partial charge < -0.3 is 9.15 Å². The number of hydrogen-bond acceptors (Lipinski definition) is 5. The summed E-state index contributed by atoms with van der Waals surface area (Å²) in [4.78, 5) is 0. The minimum absolute atomic E-state index is 0.670. The van der Waals surface area contributed by atoms with Gasteiger partial charge >= 0.3 is 0 Å². The minimum Gasteiger partial charge on any atom is -0.493 e. The van der Waals surface area contributed by atoms with Gasteiger partial charge in [0.05, 0.1) is 12.9 Å². The maximum atomic E-state index is 5.56. The second-order valence-electron chi connectivity index (χ2n) is 5.80. The Hall–Kier alpha value is -3.15. The summed E-state index contributed by atoms with van der Waals surface area (Å²) in [7, 11) is 0. The first-order valence-corrected chi connectivity index (χ1v) is 7.87. The van der Waals surface area contributed by atoms with Crippen LogP contribution in [0.3, 0.4) is 0 Å². The van der Waals surface area contributed by atoms with Gasteiger partial charge in [0.1, 0.15) is 11.4 Å². The molecule has 0 radical (unpaired) electrons. The van der Waals surface area contributed by atoms with Gasteiger partial charge in [-0.05, 0) is 41.5 Å². The standard InChI is InChI=1S/C18H14N4O2/c1-2-16(23-8-1)14-4-6-17-19-20-18(22(17)21-14)11-12-3-5-15-13(10-12)7-9-24-15/h1-6,8,10H,7,9,11H2. The molecule has 5 rings (SSSR count). The van der Waals surface area contributed by atoms with Gasteiger partial charge in [-0.2, -0.15) is 9.61 Å². The predicted molar refractivity (Wildman–Crippen MR) is 86.9 cm³/mol. The molecule has 0 N–H and O–H groups in total. The predicted octanol–water partition coefficient (Wildman–Crippen LogP) is 2.91. The first kappa shape index (κ1) is 13.3. The van der Waals surface area contributed by atoms with Crippen LogP contribution in [0, 0.1) is 0 Å². The van der Waals surface area contributed by atoms with E-state index >= 15 is 0 Å². The number of fused-ring (bicyclic) bond motifs is 2. The van der Waals surface area contributed by atoms with E-state index in [0.29, 0.717) is 6.42 Å². The van der Waals surface area contributed by atoms with Gasteiger partial charge in [0, 0.05) is 12.8 Å². The van der Waals surface area contributed by atoms with E-state index in [0.717, 1.165) is 41.7 Å². The highest BCUT2D eigenvalue weighted by Gasteiger charge is 2.14. The topological polar surface area (TPSA) is 65.5 Å². The fourth-order valence-electron chi connectivity index (χ4n) is 3.03. The molecule has 24 heavy (non-hydrogen) atoms. The number of benzene rings is 1. The van der Waals surface area contributed by atoms with Gasteiger partial charge in [0.2, 0.25) is 0 Å². The van der Waals surface area contributed by atoms with Crippen LogP contribution in [0.4, 0.5) is 0 Å². The first-order chi connectivity index (χ1) is 11.9. The van der Waals surface area contributed by atoms with Crippen LogP contribution in [0.1, 0.15) is 17.0 Å². The average molecular weight is 318 g/mol. The molecule has 0 bridgehead atoms. The van der Waals surface area contributed by atoms with Crippen LogP contribution in [0.25, 0.3) is 17.1 Å². The molecule has 0 fully saturated rings. The van der Waals surface area contributed by atoms with Gasteiger partial charge in [0.25, 0.3) is 0 Å². The van der Waals surface area contributed by atoms with Gasteiger partial charge in [-0.1, -0.05) is 12.1 Å². The lowest BCUT2D eigenvalue weighted by Gasteiger charge is -2.04. The summed E-state index contributed by atoms with van der Waals surface area (Å²) in [5, 5.41) is 13.1. The quantitative estimate of drug-likeness (QED) is 0.581. The highest BCUT2D eigenvalue weighted by Crippen LogP contribution is 2.26. The number of rotatable bonds is 3. The van der Waals surface area contributed by atoms with Crippen LogP contribution in [-0.2, 0) is 12.8 Å². The van der Waals surface area contributed by atoms with Gasteiger partial charge in [-0.3, -0.25) is 0 Å². The van der Waals surface area contributed by atoms with Crippen LogP contribution < -0.4 is 4.74 Å². The molecule has 0 saturated carbocycles. The molecular formula is C18H14N4O2. The summed E-state index contributed by atoms with van der Waals surface area (Å²) >= 11 is 0. The molecule has 1 aliphatic heterocycles. The lowest BCUT2D eigenvalue weighted by molar-refractivity contribution is 0.357. The molecule has 4 aromatic rings. The third-order valence-corrected chi connectivity index (χ3v) is 4.22. The fraction of sp³-hybridized carbons (Fsp3) is 0.167. The van der Waals surface area contributed by atoms with E-state index in [1.165, 1.54) is 11.1 Å². The zero-order chi connectivity index (χ0) is 15.9. The molecule has 3 aromatic heterocycles. The number of nitrogens with zero attached hydrogens (tertiary/aromatic N) is 4. The molecule has 6 heteroatoms. The Balaban J connectivity index is 1.53. The summed E-state index contributed by atoms with van der Waals surface area (Å²) in [5.74, 6) is 2.52. The van der Waals surface area contributed by atoms with Crippen LogP contribution in [0.5, 0.6) is 5.75 Å². The highest BCUT2D eigenvalue weighted by molar-refractivity contribution is 5.54. The zero-order valence-corrected chi connectivity index (χ0v) is 12.8. The van der Waals surface area contributed by atoms with Crippen LogP contribution in [-0.4, -0.2) is 26.4 Å². The summed E-state index contributed by atoms with van der Waals surface area (Å²) in [6, 6.07) is 13.8. The summed E-state index contributed by atoms with van der Waals surface area (Å²) in [6.07, 6.45) is 3.27. The van der Waals surface area contributed by atoms with E-state index in [-0.39, 0.29) is 0 Å². The van der Waals surface area contributed by atoms with Crippen molar-refractivity contribution in [2.45, 2.75) is 12.8 Å². The van der Waals surface area contributed by atoms with Crippen LogP contribution >= 0.6 is 0 Å². The van der Waals surface area contributed by atoms with Gasteiger partial charge in [-0.25, -0.2) is 0 Å². The Morgan fingerprint density at radius 1 is 1.08 bits per heavy atom. The van der Waals surface area contributed by atoms with Gasteiger partial charge in [-0.15, -0.1) is 10.2 Å². The molecule has 0 spiro atoms. The Morgan fingerprint density at radius 2 is 2.08 bits per heavy atom. The number of aromatic nitrogens is 4. The molecule has 1 aromatic carbocycles. The number of furan rings is 1. The van der Waals surface area contributed by atoms with Gasteiger partial charge in [0.15, 0.2) is 17.2 Å². The van der Waals surface area contributed by atoms with E-state index in [2.05, 4.69) is 27.4 Å². The van der Waals surface area contributed by atoms with Crippen molar-refractivity contribution in [3.8, 4) is 17.2 Å². The maximum Gasteiger partial charge on any atom is 0.177 e. The lowest BCUT2D eigenvalue weighted by atomic mass is 10.1. The Morgan fingerprint density at radius 3 is 3.00 bits per heavy atom. The second kappa shape index (κ2) is 5.19. The van der Waals surface area contributed by atoms with E-state index < -0.39 is 0 Å². The average Bonchev–Trinajstić information content (AvgIpc) is 3.35. The molecule has 1 aliphatic rings. The monoisotopic (exact) mass is 318 g/mol. The summed E-state index contributed by atoms with van der Waals surface area (Å²) in [6.45, 7) is 0.765. The van der Waals surface area contributed by atoms with Crippen molar-refractivity contribution in [2.24, 2.45) is 0 Å². The highest BCUT2D eigenvalue weighted by atomic mass is 16.5. The molecule has 6 nitrogen and oxygen atoms in total. The summed E-state index contributed by atoms with van der Waals surface area (Å²) < 4.78 is 12.8. The molecule has 0 aliphatic carbocycles. The summed E-state index contributed by atoms with van der Waals surface area (Å²) in [5.41, 5.74) is 3.92. The number of ether oxygens (including phenoxy) is 1. The largest absolute Gasteiger partial charge is 0.493 e. The van der Waals surface area contributed by atoms with E-state index in [1.54, 1.807) is 10.8 Å².